The van der Waals surface area contributed by atoms with Crippen LogP contribution in [0.25, 0.3) is 0 Å². The zero-order valence-electron chi connectivity index (χ0n) is 10.1. The largest absolute Gasteiger partial charge is 0.467 e. The van der Waals surface area contributed by atoms with E-state index in [4.69, 9.17) is 4.42 Å². The first-order valence-corrected chi connectivity index (χ1v) is 5.19. The minimum absolute atomic E-state index is 0.107. The van der Waals surface area contributed by atoms with E-state index in [1.54, 1.807) is 20.0 Å². The van der Waals surface area contributed by atoms with Crippen LogP contribution in [0.2, 0.25) is 0 Å². The summed E-state index contributed by atoms with van der Waals surface area (Å²) in [5.41, 5.74) is 0.358. The summed E-state index contributed by atoms with van der Waals surface area (Å²) in [5, 5.41) is 5.49. The average molecular weight is 240 g/mol. The Morgan fingerprint density at radius 2 is 2.24 bits per heavy atom. The number of nitrogens with one attached hydrogen (secondary N) is 2. The standard InChI is InChI=1S/C11H16N2O4/c1-7(10(14)12-2)13-5-9-4-8(6-17-9)11(15)16-3/h4,6-7,13H,5H2,1-3H3,(H,12,14). The van der Waals surface area contributed by atoms with Gasteiger partial charge in [-0.25, -0.2) is 4.79 Å². The summed E-state index contributed by atoms with van der Waals surface area (Å²) in [5.74, 6) is 0.0188. The number of furan rings is 1. The molecular weight excluding hydrogens is 224 g/mol. The van der Waals surface area contributed by atoms with Gasteiger partial charge in [0.25, 0.3) is 0 Å². The summed E-state index contributed by atoms with van der Waals surface area (Å²) in [6.45, 7) is 2.11. The molecule has 0 aliphatic heterocycles. The van der Waals surface area contributed by atoms with Gasteiger partial charge in [-0.3, -0.25) is 10.1 Å². The smallest absolute Gasteiger partial charge is 0.341 e. The van der Waals surface area contributed by atoms with Gasteiger partial charge in [0.15, 0.2) is 0 Å². The summed E-state index contributed by atoms with van der Waals surface area (Å²) in [6, 6.07) is 1.25. The highest BCUT2D eigenvalue weighted by Crippen LogP contribution is 2.08. The second-order valence-electron chi connectivity index (χ2n) is 3.51. The third-order valence-corrected chi connectivity index (χ3v) is 2.30. The molecule has 1 aromatic heterocycles. The quantitative estimate of drug-likeness (QED) is 0.723. The van der Waals surface area contributed by atoms with Gasteiger partial charge in [0.1, 0.15) is 12.0 Å². The summed E-state index contributed by atoms with van der Waals surface area (Å²) in [7, 11) is 2.88. The highest BCUT2D eigenvalue weighted by Gasteiger charge is 2.13. The fraction of sp³-hybridized carbons (Fsp3) is 0.455. The van der Waals surface area contributed by atoms with E-state index in [-0.39, 0.29) is 11.9 Å². The summed E-state index contributed by atoms with van der Waals surface area (Å²) in [6.07, 6.45) is 1.33. The molecule has 1 atom stereocenters. The number of carbonyl (C=O) groups is 2. The van der Waals surface area contributed by atoms with Gasteiger partial charge in [0, 0.05) is 7.05 Å². The van der Waals surface area contributed by atoms with Gasteiger partial charge in [-0.15, -0.1) is 0 Å². The molecule has 0 aromatic carbocycles. The molecular formula is C11H16N2O4. The Labute approximate surface area is 99.3 Å². The van der Waals surface area contributed by atoms with Crippen molar-refractivity contribution in [3.63, 3.8) is 0 Å². The maximum Gasteiger partial charge on any atom is 0.341 e. The van der Waals surface area contributed by atoms with Crippen molar-refractivity contribution in [2.24, 2.45) is 0 Å². The number of likely N-dealkylation sites (N-methyl/N-ethyl adjacent to an activating group) is 1. The van der Waals surface area contributed by atoms with Crippen LogP contribution in [0.4, 0.5) is 0 Å². The van der Waals surface area contributed by atoms with E-state index in [1.807, 2.05) is 0 Å². The van der Waals surface area contributed by atoms with Crippen LogP contribution < -0.4 is 10.6 Å². The number of ether oxygens (including phenoxy) is 1. The molecule has 6 nitrogen and oxygen atoms in total. The number of amides is 1. The van der Waals surface area contributed by atoms with E-state index in [2.05, 4.69) is 15.4 Å². The summed E-state index contributed by atoms with van der Waals surface area (Å²) < 4.78 is 9.70. The predicted molar refractivity (Wildman–Crippen MR) is 60.4 cm³/mol. The lowest BCUT2D eigenvalue weighted by Crippen LogP contribution is -2.40. The van der Waals surface area contributed by atoms with Crippen LogP contribution in [0.1, 0.15) is 23.0 Å². The van der Waals surface area contributed by atoms with Crippen molar-refractivity contribution < 1.29 is 18.7 Å². The molecule has 0 radical (unpaired) electrons. The highest BCUT2D eigenvalue weighted by molar-refractivity contribution is 5.89. The Kier molecular flexibility index (Phi) is 4.71. The second-order valence-corrected chi connectivity index (χ2v) is 3.51. The van der Waals surface area contributed by atoms with Crippen molar-refractivity contribution in [2.75, 3.05) is 14.2 Å². The van der Waals surface area contributed by atoms with Gasteiger partial charge in [0.2, 0.25) is 5.91 Å². The third kappa shape index (κ3) is 3.60. The normalized spacial score (nSPS) is 11.9. The number of hydrogen-bond donors (Lipinski definition) is 2. The predicted octanol–water partition coefficient (Wildman–Crippen LogP) is 0.290. The molecule has 0 aliphatic rings. The Balaban J connectivity index is 2.50. The Morgan fingerprint density at radius 3 is 2.82 bits per heavy atom. The van der Waals surface area contributed by atoms with Gasteiger partial charge in [0.05, 0.1) is 25.3 Å². The van der Waals surface area contributed by atoms with Gasteiger partial charge in [-0.1, -0.05) is 0 Å². The second kappa shape index (κ2) is 6.05. The molecule has 1 heterocycles. The fourth-order valence-electron chi connectivity index (χ4n) is 1.26. The first-order chi connectivity index (χ1) is 8.08. The lowest BCUT2D eigenvalue weighted by molar-refractivity contribution is -0.122. The van der Waals surface area contributed by atoms with Crippen molar-refractivity contribution in [2.45, 2.75) is 19.5 Å². The Hall–Kier alpha value is -1.82. The van der Waals surface area contributed by atoms with Crippen molar-refractivity contribution in [3.05, 3.63) is 23.7 Å². The minimum Gasteiger partial charge on any atom is -0.467 e. The lowest BCUT2D eigenvalue weighted by atomic mass is 10.3. The number of rotatable bonds is 5. The molecule has 0 saturated heterocycles. The van der Waals surface area contributed by atoms with Gasteiger partial charge in [-0.2, -0.15) is 0 Å². The van der Waals surface area contributed by atoms with Crippen LogP contribution in [-0.4, -0.2) is 32.1 Å². The molecule has 1 amide bonds. The molecule has 0 aliphatic carbocycles. The lowest BCUT2D eigenvalue weighted by Gasteiger charge is -2.10. The summed E-state index contributed by atoms with van der Waals surface area (Å²) >= 11 is 0. The highest BCUT2D eigenvalue weighted by atomic mass is 16.5. The van der Waals surface area contributed by atoms with Crippen LogP contribution in [-0.2, 0) is 16.1 Å². The van der Waals surface area contributed by atoms with Crippen molar-refractivity contribution >= 4 is 11.9 Å². The van der Waals surface area contributed by atoms with Crippen LogP contribution in [0.5, 0.6) is 0 Å². The zero-order valence-corrected chi connectivity index (χ0v) is 10.1. The van der Waals surface area contributed by atoms with E-state index in [0.29, 0.717) is 17.9 Å². The van der Waals surface area contributed by atoms with Crippen LogP contribution >= 0.6 is 0 Å². The average Bonchev–Trinajstić information content (AvgIpc) is 2.82. The van der Waals surface area contributed by atoms with Crippen LogP contribution in [0.3, 0.4) is 0 Å². The first-order valence-electron chi connectivity index (χ1n) is 5.19. The van der Waals surface area contributed by atoms with Crippen LogP contribution in [0, 0.1) is 0 Å². The molecule has 0 bridgehead atoms. The molecule has 6 heteroatoms. The number of carbonyl (C=O) groups excluding carboxylic acids is 2. The molecule has 2 N–H and O–H groups in total. The molecule has 0 saturated carbocycles. The number of esters is 1. The SMILES string of the molecule is CNC(=O)C(C)NCc1cc(C(=O)OC)co1. The molecule has 1 rings (SSSR count). The molecule has 17 heavy (non-hydrogen) atoms. The molecule has 94 valence electrons. The van der Waals surface area contributed by atoms with E-state index in [1.165, 1.54) is 13.4 Å². The Morgan fingerprint density at radius 1 is 1.53 bits per heavy atom. The van der Waals surface area contributed by atoms with Crippen molar-refractivity contribution in [1.29, 1.82) is 0 Å². The first kappa shape index (κ1) is 13.2. The Bertz CT molecular complexity index is 400. The zero-order chi connectivity index (χ0) is 12.8. The van der Waals surface area contributed by atoms with Gasteiger partial charge in [-0.05, 0) is 13.0 Å². The summed E-state index contributed by atoms with van der Waals surface area (Å²) in [4.78, 5) is 22.4. The molecule has 1 unspecified atom stereocenters. The number of methoxy groups -OCH3 is 1. The van der Waals surface area contributed by atoms with Crippen molar-refractivity contribution in [3.8, 4) is 0 Å². The van der Waals surface area contributed by atoms with Crippen LogP contribution in [0.15, 0.2) is 16.7 Å². The third-order valence-electron chi connectivity index (χ3n) is 2.30. The minimum atomic E-state index is -0.445. The maximum atomic E-state index is 11.2. The molecule has 0 spiro atoms. The monoisotopic (exact) mass is 240 g/mol. The van der Waals surface area contributed by atoms with Crippen molar-refractivity contribution in [1.82, 2.24) is 10.6 Å². The van der Waals surface area contributed by atoms with E-state index >= 15 is 0 Å². The fourth-order valence-corrected chi connectivity index (χ4v) is 1.26. The molecule has 1 aromatic rings. The maximum absolute atomic E-state index is 11.2. The van der Waals surface area contributed by atoms with E-state index < -0.39 is 5.97 Å². The van der Waals surface area contributed by atoms with E-state index in [0.717, 1.165) is 0 Å². The topological polar surface area (TPSA) is 80.6 Å². The number of hydrogen-bond acceptors (Lipinski definition) is 5. The van der Waals surface area contributed by atoms with Gasteiger partial charge >= 0.3 is 5.97 Å². The van der Waals surface area contributed by atoms with Gasteiger partial charge < -0.3 is 14.5 Å². The molecule has 0 fully saturated rings. The van der Waals surface area contributed by atoms with E-state index in [9.17, 15) is 9.59 Å².